The summed E-state index contributed by atoms with van der Waals surface area (Å²) in [5, 5.41) is 6.09. The number of hydrogen-bond acceptors (Lipinski definition) is 3. The zero-order valence-corrected chi connectivity index (χ0v) is 13.1. The normalized spacial score (nSPS) is 10.2. The number of benzene rings is 2. The molecule has 0 aliphatic heterocycles. The minimum atomic E-state index is -0.551. The first-order chi connectivity index (χ1) is 10.5. The molecule has 0 spiro atoms. The fourth-order valence-electron chi connectivity index (χ4n) is 1.75. The van der Waals surface area contributed by atoms with Crippen LogP contribution < -0.4 is 15.4 Å². The lowest BCUT2D eigenvalue weighted by Crippen LogP contribution is -2.22. The largest absolute Gasteiger partial charge is 0.495 e. The molecule has 4 nitrogen and oxygen atoms in total. The Balaban J connectivity index is 1.95. The van der Waals surface area contributed by atoms with Gasteiger partial charge in [0.2, 0.25) is 5.91 Å². The van der Waals surface area contributed by atoms with Crippen LogP contribution in [0.2, 0.25) is 10.0 Å². The third kappa shape index (κ3) is 4.26. The number of nitrogens with one attached hydrogen (secondary N) is 2. The summed E-state index contributed by atoms with van der Waals surface area (Å²) in [6.45, 7) is -0.0470. The zero-order valence-electron chi connectivity index (χ0n) is 11.6. The molecule has 2 aromatic rings. The van der Waals surface area contributed by atoms with Gasteiger partial charge in [0.1, 0.15) is 11.6 Å². The average Bonchev–Trinajstić information content (AvgIpc) is 2.49. The van der Waals surface area contributed by atoms with Crippen molar-refractivity contribution < 1.29 is 13.9 Å². The second-order valence-electron chi connectivity index (χ2n) is 4.38. The molecular weight excluding hydrogens is 330 g/mol. The third-order valence-electron chi connectivity index (χ3n) is 2.81. The van der Waals surface area contributed by atoms with Gasteiger partial charge in [0.25, 0.3) is 0 Å². The molecule has 0 unspecified atom stereocenters. The van der Waals surface area contributed by atoms with Crippen LogP contribution in [0.5, 0.6) is 5.75 Å². The number of ether oxygens (including phenoxy) is 1. The first-order valence-corrected chi connectivity index (χ1v) is 7.07. The summed E-state index contributed by atoms with van der Waals surface area (Å²) in [7, 11) is 1.52. The van der Waals surface area contributed by atoms with Crippen LogP contribution in [0.3, 0.4) is 0 Å². The van der Waals surface area contributed by atoms with E-state index in [0.29, 0.717) is 21.5 Å². The van der Waals surface area contributed by atoms with E-state index >= 15 is 0 Å². The molecule has 7 heteroatoms. The summed E-state index contributed by atoms with van der Waals surface area (Å²) in [6, 6.07) is 8.97. The Kier molecular flexibility index (Phi) is 5.46. The van der Waals surface area contributed by atoms with E-state index in [4.69, 9.17) is 27.9 Å². The van der Waals surface area contributed by atoms with Crippen molar-refractivity contribution >= 4 is 40.5 Å². The fourth-order valence-corrected chi connectivity index (χ4v) is 2.18. The van der Waals surface area contributed by atoms with E-state index < -0.39 is 11.7 Å². The standard InChI is InChI=1S/C15H13Cl2FN2O2/c1-22-14-5-3-10(7-11(14)17)19-8-15(21)20-13-6-9(16)2-4-12(13)18/h2-7,19H,8H2,1H3,(H,20,21). The maximum Gasteiger partial charge on any atom is 0.243 e. The first kappa shape index (κ1) is 16.4. The van der Waals surface area contributed by atoms with Gasteiger partial charge in [0, 0.05) is 10.7 Å². The van der Waals surface area contributed by atoms with Crippen LogP contribution in [-0.4, -0.2) is 19.6 Å². The molecule has 0 atom stereocenters. The minimum Gasteiger partial charge on any atom is -0.495 e. The van der Waals surface area contributed by atoms with Gasteiger partial charge in [0.15, 0.2) is 0 Å². The molecule has 2 rings (SSSR count). The third-order valence-corrected chi connectivity index (χ3v) is 3.34. The lowest BCUT2D eigenvalue weighted by Gasteiger charge is -2.10. The van der Waals surface area contributed by atoms with Gasteiger partial charge in [0.05, 0.1) is 24.4 Å². The number of carbonyl (C=O) groups excluding carboxylic acids is 1. The number of carbonyl (C=O) groups is 1. The minimum absolute atomic E-state index is 0.0343. The summed E-state index contributed by atoms with van der Waals surface area (Å²) in [6.07, 6.45) is 0. The Morgan fingerprint density at radius 3 is 2.68 bits per heavy atom. The molecule has 0 aliphatic carbocycles. The van der Waals surface area contributed by atoms with Crippen molar-refractivity contribution in [2.24, 2.45) is 0 Å². The molecule has 0 bridgehead atoms. The molecule has 0 heterocycles. The molecule has 2 aromatic carbocycles. The molecule has 0 saturated heterocycles. The SMILES string of the molecule is COc1ccc(NCC(=O)Nc2cc(Cl)ccc2F)cc1Cl. The van der Waals surface area contributed by atoms with Crippen molar-refractivity contribution in [2.45, 2.75) is 0 Å². The lowest BCUT2D eigenvalue weighted by molar-refractivity contribution is -0.114. The molecule has 0 fully saturated rings. The van der Waals surface area contributed by atoms with Crippen LogP contribution in [0.25, 0.3) is 0 Å². The molecule has 0 aromatic heterocycles. The van der Waals surface area contributed by atoms with Crippen LogP contribution in [0.15, 0.2) is 36.4 Å². The Morgan fingerprint density at radius 2 is 2.00 bits per heavy atom. The smallest absolute Gasteiger partial charge is 0.243 e. The van der Waals surface area contributed by atoms with Crippen molar-refractivity contribution in [3.63, 3.8) is 0 Å². The molecule has 0 radical (unpaired) electrons. The van der Waals surface area contributed by atoms with Crippen molar-refractivity contribution in [2.75, 3.05) is 24.3 Å². The highest BCUT2D eigenvalue weighted by molar-refractivity contribution is 6.32. The number of rotatable bonds is 5. The maximum atomic E-state index is 13.5. The zero-order chi connectivity index (χ0) is 16.1. The number of anilines is 2. The summed E-state index contributed by atoms with van der Waals surface area (Å²) >= 11 is 11.7. The summed E-state index contributed by atoms with van der Waals surface area (Å²) in [5.74, 6) is -0.420. The van der Waals surface area contributed by atoms with Gasteiger partial charge in [-0.25, -0.2) is 4.39 Å². The van der Waals surface area contributed by atoms with Gasteiger partial charge in [-0.2, -0.15) is 0 Å². The predicted octanol–water partition coefficient (Wildman–Crippen LogP) is 4.19. The second-order valence-corrected chi connectivity index (χ2v) is 5.22. The van der Waals surface area contributed by atoms with Gasteiger partial charge < -0.3 is 15.4 Å². The van der Waals surface area contributed by atoms with Crippen LogP contribution in [0.1, 0.15) is 0 Å². The van der Waals surface area contributed by atoms with Gasteiger partial charge in [-0.05, 0) is 36.4 Å². The van der Waals surface area contributed by atoms with E-state index in [2.05, 4.69) is 10.6 Å². The molecule has 22 heavy (non-hydrogen) atoms. The molecule has 0 saturated carbocycles. The fraction of sp³-hybridized carbons (Fsp3) is 0.133. The highest BCUT2D eigenvalue weighted by atomic mass is 35.5. The first-order valence-electron chi connectivity index (χ1n) is 6.32. The van der Waals surface area contributed by atoms with Gasteiger partial charge in [-0.1, -0.05) is 23.2 Å². The topological polar surface area (TPSA) is 50.4 Å². The van der Waals surface area contributed by atoms with Gasteiger partial charge >= 0.3 is 0 Å². The van der Waals surface area contributed by atoms with E-state index in [9.17, 15) is 9.18 Å². The monoisotopic (exact) mass is 342 g/mol. The second kappa shape index (κ2) is 7.33. The Morgan fingerprint density at radius 1 is 1.23 bits per heavy atom. The van der Waals surface area contributed by atoms with E-state index in [1.807, 2.05) is 0 Å². The van der Waals surface area contributed by atoms with Crippen molar-refractivity contribution in [1.29, 1.82) is 0 Å². The van der Waals surface area contributed by atoms with E-state index in [1.165, 1.54) is 25.3 Å². The molecule has 1 amide bonds. The molecule has 0 aliphatic rings. The van der Waals surface area contributed by atoms with Gasteiger partial charge in [-0.15, -0.1) is 0 Å². The summed E-state index contributed by atoms with van der Waals surface area (Å²) in [5.41, 5.74) is 0.680. The van der Waals surface area contributed by atoms with E-state index in [0.717, 1.165) is 0 Å². The Hall–Kier alpha value is -1.98. The predicted molar refractivity (Wildman–Crippen MR) is 86.5 cm³/mol. The number of halogens is 3. The van der Waals surface area contributed by atoms with E-state index in [-0.39, 0.29) is 12.2 Å². The van der Waals surface area contributed by atoms with E-state index in [1.54, 1.807) is 18.2 Å². The summed E-state index contributed by atoms with van der Waals surface area (Å²) < 4.78 is 18.5. The van der Waals surface area contributed by atoms with Crippen LogP contribution in [0, 0.1) is 5.82 Å². The average molecular weight is 343 g/mol. The summed E-state index contributed by atoms with van der Waals surface area (Å²) in [4.78, 5) is 11.8. The molecule has 2 N–H and O–H groups in total. The highest BCUT2D eigenvalue weighted by Gasteiger charge is 2.08. The number of hydrogen-bond donors (Lipinski definition) is 2. The Bertz CT molecular complexity index is 695. The van der Waals surface area contributed by atoms with Gasteiger partial charge in [-0.3, -0.25) is 4.79 Å². The molecule has 116 valence electrons. The van der Waals surface area contributed by atoms with Crippen molar-refractivity contribution in [1.82, 2.24) is 0 Å². The van der Waals surface area contributed by atoms with Crippen LogP contribution in [0.4, 0.5) is 15.8 Å². The maximum absolute atomic E-state index is 13.5. The highest BCUT2D eigenvalue weighted by Crippen LogP contribution is 2.27. The quantitative estimate of drug-likeness (QED) is 0.856. The number of methoxy groups -OCH3 is 1. The lowest BCUT2D eigenvalue weighted by atomic mass is 10.3. The Labute approximate surface area is 137 Å². The van der Waals surface area contributed by atoms with Crippen molar-refractivity contribution in [3.05, 3.63) is 52.3 Å². The van der Waals surface area contributed by atoms with Crippen LogP contribution >= 0.6 is 23.2 Å². The number of amides is 1. The molecular formula is C15H13Cl2FN2O2. The van der Waals surface area contributed by atoms with Crippen molar-refractivity contribution in [3.8, 4) is 5.75 Å². The van der Waals surface area contributed by atoms with Crippen LogP contribution in [-0.2, 0) is 4.79 Å².